The molecule has 14 heavy (non-hydrogen) atoms. The fraction of sp³-hybridized carbons (Fsp3) is 0.583. The Kier molecular flexibility index (Phi) is 4.33. The second-order valence-corrected chi connectivity index (χ2v) is 5.22. The normalized spacial score (nSPS) is 12.5. The van der Waals surface area contributed by atoms with Gasteiger partial charge in [0, 0.05) is 11.6 Å². The molecule has 0 saturated carbocycles. The predicted molar refractivity (Wildman–Crippen MR) is 64.5 cm³/mol. The summed E-state index contributed by atoms with van der Waals surface area (Å²) < 4.78 is 0. The van der Waals surface area contributed by atoms with E-state index < -0.39 is 0 Å². The smallest absolute Gasteiger partial charge is 0.115 e. The molecule has 78 valence electrons. The summed E-state index contributed by atoms with van der Waals surface area (Å²) in [6.07, 6.45) is 10.1. The summed E-state index contributed by atoms with van der Waals surface area (Å²) in [6, 6.07) is 0. The van der Waals surface area contributed by atoms with Crippen molar-refractivity contribution in [1.82, 2.24) is 4.98 Å². The number of hydrogen-bond donors (Lipinski definition) is 0. The molecule has 1 rings (SSSR count). The number of rotatable bonds is 5. The average molecular weight is 209 g/mol. The minimum atomic E-state index is 0.307. The molecule has 0 aliphatic carbocycles. The summed E-state index contributed by atoms with van der Waals surface area (Å²) in [5, 5.41) is 3.12. The molecule has 0 bridgehead atoms. The third-order valence-corrected chi connectivity index (χ3v) is 3.04. The van der Waals surface area contributed by atoms with E-state index in [0.717, 1.165) is 5.01 Å². The zero-order valence-corrected chi connectivity index (χ0v) is 10.1. The van der Waals surface area contributed by atoms with Crippen LogP contribution in [-0.4, -0.2) is 4.98 Å². The Morgan fingerprint density at radius 1 is 1.50 bits per heavy atom. The van der Waals surface area contributed by atoms with Gasteiger partial charge in [0.15, 0.2) is 0 Å². The molecule has 0 aliphatic rings. The maximum atomic E-state index is 4.23. The summed E-state index contributed by atoms with van der Waals surface area (Å²) in [7, 11) is 0. The molecule has 1 aromatic heterocycles. The molecule has 0 fully saturated rings. The number of aromatic nitrogens is 1. The molecule has 0 N–H and O–H groups in total. The highest BCUT2D eigenvalue weighted by atomic mass is 32.1. The molecule has 0 saturated heterocycles. The average Bonchev–Trinajstić information content (AvgIpc) is 2.64. The van der Waals surface area contributed by atoms with Gasteiger partial charge in [-0.25, -0.2) is 4.98 Å². The van der Waals surface area contributed by atoms with E-state index in [1.807, 2.05) is 11.6 Å². The van der Waals surface area contributed by atoms with Crippen LogP contribution in [0.3, 0.4) is 0 Å². The highest BCUT2D eigenvalue weighted by molar-refractivity contribution is 7.10. The van der Waals surface area contributed by atoms with Crippen LogP contribution in [0.4, 0.5) is 0 Å². The van der Waals surface area contributed by atoms with E-state index >= 15 is 0 Å². The van der Waals surface area contributed by atoms with E-state index in [1.54, 1.807) is 11.3 Å². The lowest BCUT2D eigenvalue weighted by molar-refractivity contribution is 0.421. The second kappa shape index (κ2) is 5.30. The Bertz CT molecular complexity index is 273. The maximum absolute atomic E-state index is 4.23. The molecule has 0 aliphatic heterocycles. The quantitative estimate of drug-likeness (QED) is 0.701. The van der Waals surface area contributed by atoms with Gasteiger partial charge >= 0.3 is 0 Å². The van der Waals surface area contributed by atoms with E-state index in [9.17, 15) is 0 Å². The van der Waals surface area contributed by atoms with E-state index in [1.165, 1.54) is 19.3 Å². The third-order valence-electron chi connectivity index (χ3n) is 2.30. The summed E-state index contributed by atoms with van der Waals surface area (Å²) in [5.74, 6) is 0. The zero-order valence-electron chi connectivity index (χ0n) is 9.29. The van der Waals surface area contributed by atoms with Crippen molar-refractivity contribution in [2.24, 2.45) is 5.41 Å². The van der Waals surface area contributed by atoms with Crippen LogP contribution in [0, 0.1) is 5.41 Å². The van der Waals surface area contributed by atoms with Gasteiger partial charge in [-0.1, -0.05) is 39.7 Å². The van der Waals surface area contributed by atoms with Crippen LogP contribution in [0.1, 0.15) is 45.0 Å². The van der Waals surface area contributed by atoms with E-state index in [-0.39, 0.29) is 0 Å². The molecule has 0 radical (unpaired) electrons. The highest BCUT2D eigenvalue weighted by Crippen LogP contribution is 2.26. The summed E-state index contributed by atoms with van der Waals surface area (Å²) >= 11 is 1.69. The largest absolute Gasteiger partial charge is 0.245 e. The third kappa shape index (κ3) is 4.05. The van der Waals surface area contributed by atoms with E-state index in [2.05, 4.69) is 37.9 Å². The Balaban J connectivity index is 2.49. The van der Waals surface area contributed by atoms with Crippen LogP contribution in [0.5, 0.6) is 0 Å². The van der Waals surface area contributed by atoms with Crippen molar-refractivity contribution in [3.63, 3.8) is 0 Å². The molecule has 0 amide bonds. The van der Waals surface area contributed by atoms with Crippen LogP contribution in [0.25, 0.3) is 6.08 Å². The van der Waals surface area contributed by atoms with Crippen LogP contribution < -0.4 is 0 Å². The first-order chi connectivity index (χ1) is 6.64. The standard InChI is InChI=1S/C12H19NS/c1-4-5-7-12(2,3)8-6-11-13-9-10-14-11/h6,8-10H,4-5,7H2,1-3H3/b8-6+. The monoisotopic (exact) mass is 209 g/mol. The number of thiazole rings is 1. The lowest BCUT2D eigenvalue weighted by Crippen LogP contribution is -2.06. The summed E-state index contributed by atoms with van der Waals surface area (Å²) in [5.41, 5.74) is 0.307. The van der Waals surface area contributed by atoms with Crippen LogP contribution in [-0.2, 0) is 0 Å². The van der Waals surface area contributed by atoms with Gasteiger partial charge in [0.05, 0.1) is 0 Å². The Labute approximate surface area is 90.9 Å². The number of nitrogens with zero attached hydrogens (tertiary/aromatic N) is 1. The first-order valence-corrected chi connectivity index (χ1v) is 6.11. The molecule has 0 atom stereocenters. The molecule has 0 unspecified atom stereocenters. The molecular weight excluding hydrogens is 190 g/mol. The molecule has 1 aromatic rings. The summed E-state index contributed by atoms with van der Waals surface area (Å²) in [4.78, 5) is 4.23. The van der Waals surface area contributed by atoms with Crippen molar-refractivity contribution in [3.8, 4) is 0 Å². The van der Waals surface area contributed by atoms with Crippen molar-refractivity contribution in [2.45, 2.75) is 40.0 Å². The van der Waals surface area contributed by atoms with Gasteiger partial charge in [-0.3, -0.25) is 0 Å². The molecule has 1 heterocycles. The van der Waals surface area contributed by atoms with Crippen LogP contribution in [0.2, 0.25) is 0 Å². The van der Waals surface area contributed by atoms with Crippen molar-refractivity contribution >= 4 is 17.4 Å². The topological polar surface area (TPSA) is 12.9 Å². The van der Waals surface area contributed by atoms with Crippen molar-refractivity contribution in [1.29, 1.82) is 0 Å². The first kappa shape index (κ1) is 11.4. The lowest BCUT2D eigenvalue weighted by atomic mass is 9.87. The fourth-order valence-corrected chi connectivity index (χ4v) is 1.86. The molecule has 2 heteroatoms. The van der Waals surface area contributed by atoms with Crippen molar-refractivity contribution in [2.75, 3.05) is 0 Å². The highest BCUT2D eigenvalue weighted by Gasteiger charge is 2.12. The number of hydrogen-bond acceptors (Lipinski definition) is 2. The minimum Gasteiger partial charge on any atom is -0.245 e. The predicted octanol–water partition coefficient (Wildman–Crippen LogP) is 4.37. The molecular formula is C12H19NS. The van der Waals surface area contributed by atoms with Gasteiger partial charge in [-0.15, -0.1) is 11.3 Å². The van der Waals surface area contributed by atoms with Gasteiger partial charge in [0.25, 0.3) is 0 Å². The second-order valence-electron chi connectivity index (χ2n) is 4.30. The zero-order chi connectivity index (χ0) is 10.4. The number of unbranched alkanes of at least 4 members (excludes halogenated alkanes) is 1. The van der Waals surface area contributed by atoms with Gasteiger partial charge in [-0.05, 0) is 17.9 Å². The van der Waals surface area contributed by atoms with Gasteiger partial charge in [-0.2, -0.15) is 0 Å². The van der Waals surface area contributed by atoms with Crippen LogP contribution in [0.15, 0.2) is 17.7 Å². The fourth-order valence-electron chi connectivity index (χ4n) is 1.33. The molecule has 0 spiro atoms. The summed E-state index contributed by atoms with van der Waals surface area (Å²) in [6.45, 7) is 6.81. The Morgan fingerprint density at radius 3 is 2.86 bits per heavy atom. The van der Waals surface area contributed by atoms with Crippen LogP contribution >= 0.6 is 11.3 Å². The minimum absolute atomic E-state index is 0.307. The van der Waals surface area contributed by atoms with Gasteiger partial charge in [0.2, 0.25) is 0 Å². The Hall–Kier alpha value is -0.630. The van der Waals surface area contributed by atoms with Gasteiger partial charge < -0.3 is 0 Å². The molecule has 0 aromatic carbocycles. The number of allylic oxidation sites excluding steroid dienone is 1. The molecule has 1 nitrogen and oxygen atoms in total. The van der Waals surface area contributed by atoms with E-state index in [4.69, 9.17) is 0 Å². The lowest BCUT2D eigenvalue weighted by Gasteiger charge is -2.19. The van der Waals surface area contributed by atoms with Crippen molar-refractivity contribution < 1.29 is 0 Å². The SMILES string of the molecule is CCCCC(C)(C)/C=C/c1nccs1. The first-order valence-electron chi connectivity index (χ1n) is 5.23. The van der Waals surface area contributed by atoms with E-state index in [0.29, 0.717) is 5.41 Å². The van der Waals surface area contributed by atoms with Gasteiger partial charge in [0.1, 0.15) is 5.01 Å². The Morgan fingerprint density at radius 2 is 2.29 bits per heavy atom. The maximum Gasteiger partial charge on any atom is 0.115 e. The van der Waals surface area contributed by atoms with Crippen molar-refractivity contribution in [3.05, 3.63) is 22.7 Å².